The van der Waals surface area contributed by atoms with E-state index in [1.54, 1.807) is 0 Å². The summed E-state index contributed by atoms with van der Waals surface area (Å²) in [7, 11) is 0. The summed E-state index contributed by atoms with van der Waals surface area (Å²) in [6.45, 7) is 2.03. The molecule has 7 nitrogen and oxygen atoms in total. The molecule has 0 fully saturated rings. The number of esters is 1. The Balaban J connectivity index is 2.51. The molecule has 7 heteroatoms. The molecule has 0 aliphatic heterocycles. The first kappa shape index (κ1) is 13.7. The molecule has 0 unspecified atom stereocenters. The van der Waals surface area contributed by atoms with Gasteiger partial charge in [0.05, 0.1) is 23.0 Å². The van der Waals surface area contributed by atoms with Crippen LogP contribution in [0.3, 0.4) is 0 Å². The lowest BCUT2D eigenvalue weighted by molar-refractivity contribution is -0.384. The number of non-ortho nitro benzene ring substituents is 1. The van der Waals surface area contributed by atoms with Crippen LogP contribution in [0.1, 0.15) is 23.9 Å². The van der Waals surface area contributed by atoms with Crippen molar-refractivity contribution in [3.8, 4) is 0 Å². The molecular formula is C13H11NO6. The molecule has 2 aromatic rings. The minimum absolute atomic E-state index is 0.0184. The Morgan fingerprint density at radius 3 is 2.80 bits per heavy atom. The number of fused-ring (bicyclic) bond motifs is 1. The van der Waals surface area contributed by atoms with E-state index in [-0.39, 0.29) is 29.0 Å². The van der Waals surface area contributed by atoms with Gasteiger partial charge in [0.2, 0.25) is 5.76 Å². The summed E-state index contributed by atoms with van der Waals surface area (Å²) in [5, 5.41) is 10.9. The van der Waals surface area contributed by atoms with Gasteiger partial charge in [0.1, 0.15) is 5.58 Å². The van der Waals surface area contributed by atoms with E-state index >= 15 is 0 Å². The Hall–Kier alpha value is -2.70. The smallest absolute Gasteiger partial charge is 0.374 e. The van der Waals surface area contributed by atoms with Crippen molar-refractivity contribution >= 4 is 22.6 Å². The highest BCUT2D eigenvalue weighted by Crippen LogP contribution is 2.19. The van der Waals surface area contributed by atoms with Gasteiger partial charge in [-0.15, -0.1) is 0 Å². The molecule has 20 heavy (non-hydrogen) atoms. The van der Waals surface area contributed by atoms with Crippen LogP contribution in [0.25, 0.3) is 11.0 Å². The van der Waals surface area contributed by atoms with E-state index in [1.165, 1.54) is 12.1 Å². The summed E-state index contributed by atoms with van der Waals surface area (Å²) in [5.74, 6) is -1.03. The first-order valence-electron chi connectivity index (χ1n) is 5.92. The number of hydrogen-bond donors (Lipinski definition) is 0. The third-order valence-electron chi connectivity index (χ3n) is 2.56. The van der Waals surface area contributed by atoms with E-state index in [1.807, 2.05) is 6.92 Å². The van der Waals surface area contributed by atoms with Crippen molar-refractivity contribution in [3.05, 3.63) is 50.4 Å². The molecule has 1 aromatic heterocycles. The first-order valence-corrected chi connectivity index (χ1v) is 5.92. The Morgan fingerprint density at radius 2 is 2.15 bits per heavy atom. The number of nitrogens with zero attached hydrogens (tertiary/aromatic N) is 1. The average Bonchev–Trinajstić information content (AvgIpc) is 2.43. The molecule has 0 bridgehead atoms. The van der Waals surface area contributed by atoms with Gasteiger partial charge in [-0.2, -0.15) is 0 Å². The largest absolute Gasteiger partial charge is 0.460 e. The molecule has 1 aromatic carbocycles. The quantitative estimate of drug-likeness (QED) is 0.482. The van der Waals surface area contributed by atoms with Gasteiger partial charge in [-0.1, -0.05) is 6.92 Å². The summed E-state index contributed by atoms with van der Waals surface area (Å²) in [5.41, 5.74) is -0.695. The van der Waals surface area contributed by atoms with Crippen LogP contribution in [0.5, 0.6) is 0 Å². The maximum Gasteiger partial charge on any atom is 0.374 e. The van der Waals surface area contributed by atoms with Crippen molar-refractivity contribution in [2.45, 2.75) is 13.3 Å². The van der Waals surface area contributed by atoms with Gasteiger partial charge in [0.15, 0.2) is 5.43 Å². The number of carbonyl (C=O) groups is 1. The van der Waals surface area contributed by atoms with Crippen molar-refractivity contribution < 1.29 is 18.9 Å². The van der Waals surface area contributed by atoms with Crippen LogP contribution in [0.2, 0.25) is 0 Å². The van der Waals surface area contributed by atoms with Gasteiger partial charge in [0.25, 0.3) is 5.69 Å². The molecule has 0 aliphatic carbocycles. The summed E-state index contributed by atoms with van der Waals surface area (Å²) in [4.78, 5) is 33.5. The second kappa shape index (κ2) is 5.52. The highest BCUT2D eigenvalue weighted by molar-refractivity contribution is 5.89. The van der Waals surface area contributed by atoms with Gasteiger partial charge in [0, 0.05) is 12.1 Å². The lowest BCUT2D eigenvalue weighted by atomic mass is 10.2. The van der Waals surface area contributed by atoms with Crippen molar-refractivity contribution in [3.63, 3.8) is 0 Å². The lowest BCUT2D eigenvalue weighted by Crippen LogP contribution is -2.10. The van der Waals surface area contributed by atoms with Crippen molar-refractivity contribution in [2.24, 2.45) is 0 Å². The number of hydrogen-bond acceptors (Lipinski definition) is 6. The normalized spacial score (nSPS) is 10.4. The molecule has 0 saturated heterocycles. The zero-order valence-corrected chi connectivity index (χ0v) is 10.6. The van der Waals surface area contributed by atoms with E-state index < -0.39 is 16.3 Å². The number of nitro benzene ring substituents is 1. The van der Waals surface area contributed by atoms with Crippen LogP contribution in [-0.2, 0) is 4.74 Å². The minimum atomic E-state index is -0.766. The van der Waals surface area contributed by atoms with Crippen LogP contribution in [0.4, 0.5) is 5.69 Å². The third-order valence-corrected chi connectivity index (χ3v) is 2.56. The van der Waals surface area contributed by atoms with Crippen molar-refractivity contribution in [1.29, 1.82) is 0 Å². The summed E-state index contributed by atoms with van der Waals surface area (Å²) < 4.78 is 10.1. The predicted molar refractivity (Wildman–Crippen MR) is 69.7 cm³/mol. The summed E-state index contributed by atoms with van der Waals surface area (Å²) in [6.07, 6.45) is 0.634. The van der Waals surface area contributed by atoms with E-state index in [0.717, 1.165) is 12.1 Å². The van der Waals surface area contributed by atoms with E-state index in [9.17, 15) is 19.7 Å². The van der Waals surface area contributed by atoms with Gasteiger partial charge < -0.3 is 9.15 Å². The lowest BCUT2D eigenvalue weighted by Gasteiger charge is -2.03. The molecule has 104 valence electrons. The van der Waals surface area contributed by atoms with Gasteiger partial charge in [-0.05, 0) is 12.5 Å². The molecule has 1 heterocycles. The molecule has 0 N–H and O–H groups in total. The summed E-state index contributed by atoms with van der Waals surface area (Å²) >= 11 is 0. The minimum Gasteiger partial charge on any atom is -0.460 e. The van der Waals surface area contributed by atoms with E-state index in [2.05, 4.69) is 0 Å². The van der Waals surface area contributed by atoms with Crippen LogP contribution < -0.4 is 5.43 Å². The van der Waals surface area contributed by atoms with Gasteiger partial charge in [-0.3, -0.25) is 14.9 Å². The number of ether oxygens (including phenoxy) is 1. The molecule has 0 amide bonds. The van der Waals surface area contributed by atoms with Gasteiger partial charge in [-0.25, -0.2) is 4.79 Å². The van der Waals surface area contributed by atoms with E-state index in [0.29, 0.717) is 6.42 Å². The Morgan fingerprint density at radius 1 is 1.40 bits per heavy atom. The molecule has 0 radical (unpaired) electrons. The zero-order chi connectivity index (χ0) is 14.7. The molecular weight excluding hydrogens is 266 g/mol. The molecule has 0 saturated carbocycles. The first-order chi connectivity index (χ1) is 9.52. The SMILES string of the molecule is CCCOC(=O)c1cc(=O)c2ccc([N+](=O)[O-])cc2o1. The Kier molecular flexibility index (Phi) is 3.79. The Labute approximate surface area is 112 Å². The van der Waals surface area contributed by atoms with Crippen LogP contribution >= 0.6 is 0 Å². The number of rotatable bonds is 4. The van der Waals surface area contributed by atoms with Crippen molar-refractivity contribution in [2.75, 3.05) is 6.61 Å². The fourth-order valence-electron chi connectivity index (χ4n) is 1.62. The molecule has 0 spiro atoms. The average molecular weight is 277 g/mol. The Bertz CT molecular complexity index is 733. The molecule has 2 rings (SSSR count). The number of benzene rings is 1. The summed E-state index contributed by atoms with van der Waals surface area (Å²) in [6, 6.07) is 4.62. The monoisotopic (exact) mass is 277 g/mol. The maximum absolute atomic E-state index is 11.8. The number of carbonyl (C=O) groups excluding carboxylic acids is 1. The third kappa shape index (κ3) is 2.66. The van der Waals surface area contributed by atoms with E-state index in [4.69, 9.17) is 9.15 Å². The standard InChI is InChI=1S/C13H11NO6/c1-2-5-19-13(16)12-7-10(15)9-4-3-8(14(17)18)6-11(9)20-12/h3-4,6-7H,2,5H2,1H3. The highest BCUT2D eigenvalue weighted by atomic mass is 16.6. The van der Waals surface area contributed by atoms with Crippen LogP contribution in [0, 0.1) is 10.1 Å². The second-order valence-corrected chi connectivity index (χ2v) is 4.05. The molecule has 0 aliphatic rings. The fraction of sp³-hybridized carbons (Fsp3) is 0.231. The highest BCUT2D eigenvalue weighted by Gasteiger charge is 2.15. The predicted octanol–water partition coefficient (Wildman–Crippen LogP) is 2.27. The van der Waals surface area contributed by atoms with Gasteiger partial charge >= 0.3 is 5.97 Å². The topological polar surface area (TPSA) is 99.7 Å². The maximum atomic E-state index is 11.8. The number of nitro groups is 1. The molecule has 0 atom stereocenters. The fourth-order valence-corrected chi connectivity index (χ4v) is 1.62. The van der Waals surface area contributed by atoms with Crippen LogP contribution in [-0.4, -0.2) is 17.5 Å². The zero-order valence-electron chi connectivity index (χ0n) is 10.6. The van der Waals surface area contributed by atoms with Crippen LogP contribution in [0.15, 0.2) is 33.5 Å². The second-order valence-electron chi connectivity index (χ2n) is 4.05. The van der Waals surface area contributed by atoms with Crippen molar-refractivity contribution in [1.82, 2.24) is 0 Å².